The average molecular weight is 216 g/mol. The molecule has 76 valence electrons. The summed E-state index contributed by atoms with van der Waals surface area (Å²) in [6, 6.07) is 7.70. The van der Waals surface area contributed by atoms with E-state index in [1.165, 1.54) is 0 Å². The van der Waals surface area contributed by atoms with Crippen LogP contribution in [0.15, 0.2) is 76.1 Å². The first kappa shape index (κ1) is 11.6. The van der Waals surface area contributed by atoms with Crippen LogP contribution >= 0.6 is 11.3 Å². The fourth-order valence-electron chi connectivity index (χ4n) is 0.846. The second kappa shape index (κ2) is 9.09. The zero-order valence-electron chi connectivity index (χ0n) is 8.45. The molecule has 1 nitrogen and oxygen atoms in total. The molecule has 3 heteroatoms. The summed E-state index contributed by atoms with van der Waals surface area (Å²) in [4.78, 5) is 0. The van der Waals surface area contributed by atoms with Crippen LogP contribution in [-0.2, 0) is 0 Å². The monoisotopic (exact) mass is 216 g/mol. The molecule has 15 heavy (non-hydrogen) atoms. The van der Waals surface area contributed by atoms with Crippen LogP contribution in [0.4, 0.5) is 0 Å². The van der Waals surface area contributed by atoms with Gasteiger partial charge in [-0.05, 0) is 22.9 Å². The van der Waals surface area contributed by atoms with Crippen LogP contribution < -0.4 is 0 Å². The summed E-state index contributed by atoms with van der Waals surface area (Å²) in [6.45, 7) is 0. The van der Waals surface area contributed by atoms with Gasteiger partial charge in [-0.3, -0.25) is 0 Å². The van der Waals surface area contributed by atoms with E-state index >= 15 is 0 Å². The van der Waals surface area contributed by atoms with Crippen LogP contribution in [0.2, 0.25) is 0 Å². The maximum atomic E-state index is 4.58. The molecule has 0 saturated heterocycles. The molecule has 0 bridgehead atoms. The number of hydrogen-bond acceptors (Lipinski definition) is 2. The molecular weight excluding hydrogens is 203 g/mol. The summed E-state index contributed by atoms with van der Waals surface area (Å²) in [6.07, 6.45) is 7.36. The quantitative estimate of drug-likeness (QED) is 0.614. The number of hydrogen-bond donors (Lipinski definition) is 0. The molecule has 2 aromatic rings. The number of thiophene rings is 1. The van der Waals surface area contributed by atoms with Gasteiger partial charge in [-0.1, -0.05) is 24.3 Å². The van der Waals surface area contributed by atoms with E-state index in [-0.39, 0.29) is 0 Å². The Morgan fingerprint density at radius 3 is 1.60 bits per heavy atom. The SMILES string of the molecule is B1C=CC=C1.c1ccoc1.c1ccsc1. The fraction of sp³-hybridized carbons (Fsp3) is 0. The fourth-order valence-corrected chi connectivity index (χ4v) is 1.30. The lowest BCUT2D eigenvalue weighted by Gasteiger charge is -1.51. The van der Waals surface area contributed by atoms with E-state index in [4.69, 9.17) is 0 Å². The van der Waals surface area contributed by atoms with Gasteiger partial charge in [0, 0.05) is 0 Å². The van der Waals surface area contributed by atoms with E-state index in [9.17, 15) is 0 Å². The van der Waals surface area contributed by atoms with Crippen LogP contribution in [-0.4, -0.2) is 7.28 Å². The molecule has 0 amide bonds. The zero-order valence-corrected chi connectivity index (χ0v) is 9.27. The molecule has 0 unspecified atom stereocenters. The number of allylic oxidation sites excluding steroid dienone is 2. The Labute approximate surface area is 95.0 Å². The minimum atomic E-state index is 1.14. The van der Waals surface area contributed by atoms with Crippen LogP contribution in [0.1, 0.15) is 0 Å². The Hall–Kier alpha value is -1.48. The smallest absolute Gasteiger partial charge is 0.173 e. The van der Waals surface area contributed by atoms with Crippen molar-refractivity contribution >= 4 is 18.6 Å². The van der Waals surface area contributed by atoms with Gasteiger partial charge >= 0.3 is 0 Å². The van der Waals surface area contributed by atoms with Crippen LogP contribution in [0.3, 0.4) is 0 Å². The van der Waals surface area contributed by atoms with E-state index in [0.717, 1.165) is 7.28 Å². The molecule has 0 aliphatic carbocycles. The van der Waals surface area contributed by atoms with Crippen molar-refractivity contribution in [2.45, 2.75) is 0 Å². The highest BCUT2D eigenvalue weighted by molar-refractivity contribution is 7.07. The Balaban J connectivity index is 0.000000112. The minimum absolute atomic E-state index is 1.14. The molecule has 0 spiro atoms. The molecule has 0 aromatic carbocycles. The van der Waals surface area contributed by atoms with E-state index in [2.05, 4.69) is 28.5 Å². The maximum Gasteiger partial charge on any atom is 0.173 e. The van der Waals surface area contributed by atoms with Crippen molar-refractivity contribution < 1.29 is 4.42 Å². The zero-order chi connectivity index (χ0) is 10.6. The lowest BCUT2D eigenvalue weighted by Crippen LogP contribution is -1.63. The standard InChI is InChI=1S/C4H5B.C4H4O.C4H4S/c3*1-2-4-5-3-1/h1-5H;2*1-4H. The molecule has 0 fully saturated rings. The highest BCUT2D eigenvalue weighted by Crippen LogP contribution is 1.91. The summed E-state index contributed by atoms with van der Waals surface area (Å²) >= 11 is 1.71. The van der Waals surface area contributed by atoms with Gasteiger partial charge in [0.05, 0.1) is 12.5 Å². The van der Waals surface area contributed by atoms with Crippen LogP contribution in [0.25, 0.3) is 0 Å². The van der Waals surface area contributed by atoms with E-state index < -0.39 is 0 Å². The summed E-state index contributed by atoms with van der Waals surface area (Å²) in [5.41, 5.74) is 0. The highest BCUT2D eigenvalue weighted by Gasteiger charge is 1.76. The second-order valence-corrected chi connectivity index (χ2v) is 3.49. The normalized spacial score (nSPS) is 10.7. The third-order valence-electron chi connectivity index (χ3n) is 1.51. The first-order chi connectivity index (χ1) is 7.50. The van der Waals surface area contributed by atoms with Crippen molar-refractivity contribution in [3.05, 3.63) is 71.7 Å². The van der Waals surface area contributed by atoms with Crippen molar-refractivity contribution in [1.29, 1.82) is 0 Å². The van der Waals surface area contributed by atoms with Crippen molar-refractivity contribution in [2.24, 2.45) is 0 Å². The predicted octanol–water partition coefficient (Wildman–Crippen LogP) is 3.49. The average Bonchev–Trinajstić information content (AvgIpc) is 3.09. The van der Waals surface area contributed by atoms with Crippen LogP contribution in [0.5, 0.6) is 0 Å². The van der Waals surface area contributed by atoms with Crippen molar-refractivity contribution in [3.8, 4) is 0 Å². The molecule has 0 N–H and O–H groups in total. The lowest BCUT2D eigenvalue weighted by molar-refractivity contribution is 0.567. The molecule has 2 aromatic heterocycles. The van der Waals surface area contributed by atoms with Gasteiger partial charge in [-0.25, -0.2) is 0 Å². The predicted molar refractivity (Wildman–Crippen MR) is 68.5 cm³/mol. The Kier molecular flexibility index (Phi) is 7.03. The molecule has 3 heterocycles. The van der Waals surface area contributed by atoms with E-state index in [1.54, 1.807) is 23.9 Å². The summed E-state index contributed by atoms with van der Waals surface area (Å²) in [5, 5.41) is 4.08. The van der Waals surface area contributed by atoms with Gasteiger partial charge < -0.3 is 4.42 Å². The largest absolute Gasteiger partial charge is 0.473 e. The van der Waals surface area contributed by atoms with Gasteiger partial charge in [0.25, 0.3) is 0 Å². The summed E-state index contributed by atoms with van der Waals surface area (Å²) < 4.78 is 4.58. The Morgan fingerprint density at radius 1 is 0.800 bits per heavy atom. The van der Waals surface area contributed by atoms with Gasteiger partial charge in [0.15, 0.2) is 7.28 Å². The molecule has 1 aliphatic heterocycles. The van der Waals surface area contributed by atoms with Gasteiger partial charge in [0.1, 0.15) is 0 Å². The van der Waals surface area contributed by atoms with Crippen molar-refractivity contribution in [1.82, 2.24) is 0 Å². The first-order valence-corrected chi connectivity index (χ1v) is 5.70. The van der Waals surface area contributed by atoms with Gasteiger partial charge in [-0.15, -0.1) is 12.0 Å². The van der Waals surface area contributed by atoms with Crippen LogP contribution in [0, 0.1) is 0 Å². The van der Waals surface area contributed by atoms with Gasteiger partial charge in [0.2, 0.25) is 0 Å². The number of furan rings is 1. The summed E-state index contributed by atoms with van der Waals surface area (Å²) in [5.74, 6) is 4.25. The summed E-state index contributed by atoms with van der Waals surface area (Å²) in [7, 11) is 1.14. The third-order valence-corrected chi connectivity index (χ3v) is 2.13. The van der Waals surface area contributed by atoms with Gasteiger partial charge in [-0.2, -0.15) is 11.3 Å². The molecular formula is C12H13BOS. The number of rotatable bonds is 0. The molecule has 0 atom stereocenters. The van der Waals surface area contributed by atoms with E-state index in [1.807, 2.05) is 35.0 Å². The first-order valence-electron chi connectivity index (χ1n) is 4.76. The lowest BCUT2D eigenvalue weighted by atomic mass is 9.83. The third kappa shape index (κ3) is 7.58. The second-order valence-electron chi connectivity index (χ2n) is 2.68. The molecule has 0 radical (unpaired) electrons. The van der Waals surface area contributed by atoms with Crippen molar-refractivity contribution in [2.75, 3.05) is 0 Å². The molecule has 3 rings (SSSR count). The molecule has 1 aliphatic rings. The molecule has 0 saturated carbocycles. The topological polar surface area (TPSA) is 13.1 Å². The Bertz CT molecular complexity index is 278. The van der Waals surface area contributed by atoms with E-state index in [0.29, 0.717) is 0 Å². The highest BCUT2D eigenvalue weighted by atomic mass is 32.1. The van der Waals surface area contributed by atoms with Crippen molar-refractivity contribution in [3.63, 3.8) is 0 Å². The Morgan fingerprint density at radius 2 is 1.40 bits per heavy atom. The minimum Gasteiger partial charge on any atom is -0.473 e. The maximum absolute atomic E-state index is 4.58.